The van der Waals surface area contributed by atoms with Crippen LogP contribution < -0.4 is 11.1 Å². The molecular formula is C17H18F2N4. The Hall–Kier alpha value is -2.18. The molecular weight excluding hydrogens is 298 g/mol. The van der Waals surface area contributed by atoms with Crippen molar-refractivity contribution in [1.82, 2.24) is 15.3 Å². The molecule has 0 saturated carbocycles. The van der Waals surface area contributed by atoms with E-state index >= 15 is 0 Å². The summed E-state index contributed by atoms with van der Waals surface area (Å²) in [4.78, 5) is 8.72. The van der Waals surface area contributed by atoms with E-state index in [-0.39, 0.29) is 5.56 Å². The van der Waals surface area contributed by atoms with Crippen molar-refractivity contribution in [2.24, 2.45) is 5.73 Å². The van der Waals surface area contributed by atoms with Crippen LogP contribution in [0.5, 0.6) is 0 Å². The van der Waals surface area contributed by atoms with Crippen LogP contribution in [-0.2, 0) is 5.54 Å². The lowest BCUT2D eigenvalue weighted by Gasteiger charge is -2.26. The number of nitrogens with two attached hydrogens (primary N) is 1. The normalized spacial score (nSPS) is 17.5. The Kier molecular flexibility index (Phi) is 4.19. The number of nitrogens with one attached hydrogen (secondary N) is 1. The second-order valence-corrected chi connectivity index (χ2v) is 5.81. The van der Waals surface area contributed by atoms with Crippen molar-refractivity contribution >= 4 is 5.57 Å². The van der Waals surface area contributed by atoms with Crippen molar-refractivity contribution in [3.63, 3.8) is 0 Å². The minimum atomic E-state index is -1.14. The summed E-state index contributed by atoms with van der Waals surface area (Å²) in [6.45, 7) is 3.35. The van der Waals surface area contributed by atoms with Crippen molar-refractivity contribution in [3.05, 3.63) is 65.3 Å². The maximum absolute atomic E-state index is 14.0. The Balaban J connectivity index is 1.92. The predicted octanol–water partition coefficient (Wildman–Crippen LogP) is 2.35. The Morgan fingerprint density at radius 2 is 1.96 bits per heavy atom. The molecule has 2 heterocycles. The summed E-state index contributed by atoms with van der Waals surface area (Å²) in [6.07, 6.45) is 6.13. The highest BCUT2D eigenvalue weighted by Crippen LogP contribution is 2.28. The highest BCUT2D eigenvalue weighted by molar-refractivity contribution is 5.60. The van der Waals surface area contributed by atoms with Gasteiger partial charge in [-0.2, -0.15) is 0 Å². The van der Waals surface area contributed by atoms with E-state index in [1.54, 1.807) is 19.3 Å². The standard InChI is InChI=1S/C17H18F2N4/c1-17(20,14-3-2-13(18)8-15(14)19)12-9-22-16(23-10-12)11-4-6-21-7-5-11/h2-4,8-10,21H,5-7,20H2,1H3. The molecule has 1 aromatic carbocycles. The van der Waals surface area contributed by atoms with Gasteiger partial charge >= 0.3 is 0 Å². The lowest BCUT2D eigenvalue weighted by atomic mass is 9.87. The summed E-state index contributed by atoms with van der Waals surface area (Å²) < 4.78 is 27.1. The van der Waals surface area contributed by atoms with Crippen LogP contribution >= 0.6 is 0 Å². The minimum Gasteiger partial charge on any atom is -0.318 e. The Labute approximate surface area is 133 Å². The van der Waals surface area contributed by atoms with E-state index < -0.39 is 17.2 Å². The van der Waals surface area contributed by atoms with Gasteiger partial charge in [-0.1, -0.05) is 12.1 Å². The van der Waals surface area contributed by atoms with Gasteiger partial charge < -0.3 is 11.1 Å². The Morgan fingerprint density at radius 3 is 2.57 bits per heavy atom. The molecule has 4 nitrogen and oxygen atoms in total. The van der Waals surface area contributed by atoms with Crippen LogP contribution in [0.4, 0.5) is 8.78 Å². The molecule has 0 saturated heterocycles. The summed E-state index contributed by atoms with van der Waals surface area (Å²) in [5.74, 6) is -0.655. The van der Waals surface area contributed by atoms with Crippen molar-refractivity contribution in [2.75, 3.05) is 13.1 Å². The molecule has 0 bridgehead atoms. The van der Waals surface area contributed by atoms with Gasteiger partial charge in [0, 0.05) is 36.1 Å². The van der Waals surface area contributed by atoms with Crippen molar-refractivity contribution in [2.45, 2.75) is 18.9 Å². The number of nitrogens with zero attached hydrogens (tertiary/aromatic N) is 2. The fourth-order valence-corrected chi connectivity index (χ4v) is 2.65. The smallest absolute Gasteiger partial charge is 0.154 e. The van der Waals surface area contributed by atoms with Gasteiger partial charge in [0.15, 0.2) is 5.82 Å². The highest BCUT2D eigenvalue weighted by Gasteiger charge is 2.28. The van der Waals surface area contributed by atoms with Gasteiger partial charge in [0.1, 0.15) is 11.6 Å². The van der Waals surface area contributed by atoms with E-state index in [0.717, 1.165) is 31.1 Å². The Bertz CT molecular complexity index is 739. The lowest BCUT2D eigenvalue weighted by molar-refractivity contribution is 0.515. The van der Waals surface area contributed by atoms with Crippen molar-refractivity contribution in [1.29, 1.82) is 0 Å². The second-order valence-electron chi connectivity index (χ2n) is 5.81. The van der Waals surface area contributed by atoms with E-state index in [1.165, 1.54) is 12.1 Å². The Morgan fingerprint density at radius 1 is 1.22 bits per heavy atom. The molecule has 1 aliphatic heterocycles. The maximum Gasteiger partial charge on any atom is 0.154 e. The largest absolute Gasteiger partial charge is 0.318 e. The first-order valence-electron chi connectivity index (χ1n) is 7.45. The zero-order valence-corrected chi connectivity index (χ0v) is 12.8. The zero-order chi connectivity index (χ0) is 16.4. The molecule has 2 aromatic rings. The zero-order valence-electron chi connectivity index (χ0n) is 12.8. The predicted molar refractivity (Wildman–Crippen MR) is 84.5 cm³/mol. The molecule has 1 aliphatic rings. The molecule has 1 unspecified atom stereocenters. The number of aromatic nitrogens is 2. The van der Waals surface area contributed by atoms with Gasteiger partial charge in [0.05, 0.1) is 5.54 Å². The molecule has 0 radical (unpaired) electrons. The van der Waals surface area contributed by atoms with Crippen LogP contribution in [0, 0.1) is 11.6 Å². The fourth-order valence-electron chi connectivity index (χ4n) is 2.65. The highest BCUT2D eigenvalue weighted by atomic mass is 19.1. The molecule has 120 valence electrons. The first kappa shape index (κ1) is 15.7. The van der Waals surface area contributed by atoms with Crippen LogP contribution in [-0.4, -0.2) is 23.1 Å². The maximum atomic E-state index is 14.0. The fraction of sp³-hybridized carbons (Fsp3) is 0.294. The van der Waals surface area contributed by atoms with Crippen LogP contribution in [0.3, 0.4) is 0 Å². The van der Waals surface area contributed by atoms with E-state index in [0.29, 0.717) is 11.4 Å². The summed E-state index contributed by atoms with van der Waals surface area (Å²) in [7, 11) is 0. The second kappa shape index (κ2) is 6.14. The topological polar surface area (TPSA) is 63.8 Å². The third kappa shape index (κ3) is 3.13. The van der Waals surface area contributed by atoms with E-state index in [9.17, 15) is 8.78 Å². The summed E-state index contributed by atoms with van der Waals surface area (Å²) in [5, 5.41) is 3.23. The minimum absolute atomic E-state index is 0.205. The average Bonchev–Trinajstić information content (AvgIpc) is 2.55. The molecule has 3 N–H and O–H groups in total. The third-order valence-corrected chi connectivity index (χ3v) is 4.09. The van der Waals surface area contributed by atoms with Gasteiger partial charge in [0.2, 0.25) is 0 Å². The number of hydrogen-bond donors (Lipinski definition) is 2. The lowest BCUT2D eigenvalue weighted by Crippen LogP contribution is -2.35. The number of benzene rings is 1. The van der Waals surface area contributed by atoms with Crippen molar-refractivity contribution in [3.8, 4) is 0 Å². The van der Waals surface area contributed by atoms with Crippen molar-refractivity contribution < 1.29 is 8.78 Å². The monoisotopic (exact) mass is 316 g/mol. The third-order valence-electron chi connectivity index (χ3n) is 4.09. The molecule has 1 atom stereocenters. The summed E-state index contributed by atoms with van der Waals surface area (Å²) in [6, 6.07) is 3.38. The van der Waals surface area contributed by atoms with Crippen LogP contribution in [0.1, 0.15) is 30.3 Å². The number of hydrogen-bond acceptors (Lipinski definition) is 4. The summed E-state index contributed by atoms with van der Waals surface area (Å²) >= 11 is 0. The van der Waals surface area contributed by atoms with Crippen LogP contribution in [0.25, 0.3) is 5.57 Å². The van der Waals surface area contributed by atoms with E-state index in [1.807, 2.05) is 0 Å². The number of halogens is 2. The van der Waals surface area contributed by atoms with E-state index in [2.05, 4.69) is 21.4 Å². The van der Waals surface area contributed by atoms with Gasteiger partial charge in [0.25, 0.3) is 0 Å². The molecule has 1 aromatic heterocycles. The molecule has 0 aliphatic carbocycles. The van der Waals surface area contributed by atoms with Gasteiger partial charge in [-0.05, 0) is 31.5 Å². The molecule has 0 spiro atoms. The first-order chi connectivity index (χ1) is 11.0. The molecule has 0 amide bonds. The molecule has 23 heavy (non-hydrogen) atoms. The molecule has 6 heteroatoms. The van der Waals surface area contributed by atoms with Crippen LogP contribution in [0.2, 0.25) is 0 Å². The van der Waals surface area contributed by atoms with Crippen LogP contribution in [0.15, 0.2) is 36.7 Å². The average molecular weight is 316 g/mol. The van der Waals surface area contributed by atoms with Gasteiger partial charge in [-0.3, -0.25) is 0 Å². The quantitative estimate of drug-likeness (QED) is 0.912. The van der Waals surface area contributed by atoms with Gasteiger partial charge in [-0.15, -0.1) is 0 Å². The first-order valence-corrected chi connectivity index (χ1v) is 7.45. The SMILES string of the molecule is CC(N)(c1cnc(C2=CCNCC2)nc1)c1ccc(F)cc1F. The van der Waals surface area contributed by atoms with E-state index in [4.69, 9.17) is 5.73 Å². The number of rotatable bonds is 3. The molecule has 0 fully saturated rings. The van der Waals surface area contributed by atoms with Gasteiger partial charge in [-0.25, -0.2) is 18.7 Å². The summed E-state index contributed by atoms with van der Waals surface area (Å²) in [5.41, 5.74) is 6.99. The molecule has 3 rings (SSSR count).